The minimum Gasteiger partial charge on any atom is -0.389 e. The molecule has 0 heterocycles. The van der Waals surface area contributed by atoms with Crippen molar-refractivity contribution in [3.8, 4) is 0 Å². The molecule has 1 aromatic carbocycles. The molecule has 2 aliphatic rings. The molecule has 2 aliphatic carbocycles. The predicted octanol–water partition coefficient (Wildman–Crippen LogP) is 3.66. The highest BCUT2D eigenvalue weighted by Crippen LogP contribution is 2.65. The van der Waals surface area contributed by atoms with Gasteiger partial charge in [-0.05, 0) is 50.7 Å². The fourth-order valence-electron chi connectivity index (χ4n) is 3.06. The van der Waals surface area contributed by atoms with Crippen LogP contribution in [-0.4, -0.2) is 10.7 Å². The largest absolute Gasteiger partial charge is 0.389 e. The van der Waals surface area contributed by atoms with Gasteiger partial charge in [-0.15, -0.1) is 13.2 Å². The predicted molar refractivity (Wildman–Crippen MR) is 72.3 cm³/mol. The van der Waals surface area contributed by atoms with E-state index in [2.05, 4.69) is 45.2 Å². The van der Waals surface area contributed by atoms with Crippen LogP contribution in [0.5, 0.6) is 0 Å². The molecule has 92 valence electrons. The smallest absolute Gasteiger partial charge is 0.0746 e. The van der Waals surface area contributed by atoms with Crippen molar-refractivity contribution >= 4 is 0 Å². The summed E-state index contributed by atoms with van der Waals surface area (Å²) in [4.78, 5) is 0. The van der Waals surface area contributed by atoms with Crippen LogP contribution in [0.1, 0.15) is 42.4 Å². The van der Waals surface area contributed by atoms with Crippen molar-refractivity contribution < 1.29 is 5.11 Å². The van der Waals surface area contributed by atoms with Crippen LogP contribution in [0.15, 0.2) is 31.4 Å². The molecule has 0 aromatic heterocycles. The summed E-state index contributed by atoms with van der Waals surface area (Å²) < 4.78 is 0. The lowest BCUT2D eigenvalue weighted by molar-refractivity contribution is 0.105. The van der Waals surface area contributed by atoms with E-state index in [4.69, 9.17) is 0 Å². The summed E-state index contributed by atoms with van der Waals surface area (Å²) >= 11 is 0. The molecule has 0 radical (unpaired) electrons. The molecule has 0 bridgehead atoms. The quantitative estimate of drug-likeness (QED) is 0.769. The van der Waals surface area contributed by atoms with E-state index in [1.165, 1.54) is 29.5 Å². The van der Waals surface area contributed by atoms with Gasteiger partial charge in [0.15, 0.2) is 0 Å². The topological polar surface area (TPSA) is 20.2 Å². The number of benzene rings is 1. The molecule has 0 aliphatic heterocycles. The van der Waals surface area contributed by atoms with Crippen LogP contribution in [0.25, 0.3) is 0 Å². The van der Waals surface area contributed by atoms with E-state index in [1.807, 2.05) is 0 Å². The van der Waals surface area contributed by atoms with Gasteiger partial charge in [-0.2, -0.15) is 0 Å². The van der Waals surface area contributed by atoms with Crippen molar-refractivity contribution in [1.29, 1.82) is 0 Å². The summed E-state index contributed by atoms with van der Waals surface area (Å²) in [5.41, 5.74) is 3.84. The third-order valence-corrected chi connectivity index (χ3v) is 4.26. The molecule has 0 amide bonds. The van der Waals surface area contributed by atoms with E-state index in [9.17, 15) is 5.11 Å². The minimum absolute atomic E-state index is 0.130. The lowest BCUT2D eigenvalue weighted by Gasteiger charge is -2.24. The minimum atomic E-state index is -0.354. The zero-order valence-corrected chi connectivity index (χ0v) is 10.9. The lowest BCUT2D eigenvalue weighted by Crippen LogP contribution is -2.28. The van der Waals surface area contributed by atoms with E-state index in [0.717, 1.165) is 12.8 Å². The van der Waals surface area contributed by atoms with Crippen molar-refractivity contribution in [3.63, 3.8) is 0 Å². The maximum atomic E-state index is 10.4. The molecule has 1 nitrogen and oxygen atoms in total. The molecule has 1 heteroatoms. The Morgan fingerprint density at radius 2 is 1.65 bits per heavy atom. The number of rotatable bonds is 2. The zero-order valence-electron chi connectivity index (χ0n) is 10.9. The molecule has 3 rings (SSSR count). The first kappa shape index (κ1) is 12.4. The highest BCUT2D eigenvalue weighted by Gasteiger charge is 2.65. The van der Waals surface area contributed by atoms with Crippen LogP contribution in [0.4, 0.5) is 0 Å². The SMILES string of the molecule is C=C.Cc1ccc(C2(C3(O)CC3)CC2)c(C)c1. The summed E-state index contributed by atoms with van der Waals surface area (Å²) in [5.74, 6) is 0. The maximum absolute atomic E-state index is 10.4. The highest BCUT2D eigenvalue weighted by atomic mass is 16.3. The normalized spacial score (nSPS) is 22.3. The van der Waals surface area contributed by atoms with Crippen molar-refractivity contribution in [2.24, 2.45) is 0 Å². The summed E-state index contributed by atoms with van der Waals surface area (Å²) in [6.07, 6.45) is 4.35. The Labute approximate surface area is 104 Å². The molecule has 1 N–H and O–H groups in total. The van der Waals surface area contributed by atoms with Gasteiger partial charge in [-0.25, -0.2) is 0 Å². The number of aliphatic hydroxyl groups is 1. The van der Waals surface area contributed by atoms with E-state index < -0.39 is 0 Å². The molecule has 0 saturated heterocycles. The van der Waals surface area contributed by atoms with Crippen molar-refractivity contribution in [3.05, 3.63) is 48.0 Å². The van der Waals surface area contributed by atoms with Gasteiger partial charge in [0.1, 0.15) is 0 Å². The van der Waals surface area contributed by atoms with Crippen LogP contribution in [0, 0.1) is 13.8 Å². The van der Waals surface area contributed by atoms with E-state index in [-0.39, 0.29) is 11.0 Å². The molecular weight excluding hydrogens is 208 g/mol. The van der Waals surface area contributed by atoms with Gasteiger partial charge in [0.05, 0.1) is 5.60 Å². The average Bonchev–Trinajstić information content (AvgIpc) is 3.18. The molecular formula is C16H22O. The Kier molecular flexibility index (Phi) is 2.90. The van der Waals surface area contributed by atoms with Crippen LogP contribution < -0.4 is 0 Å². The second-order valence-corrected chi connectivity index (χ2v) is 5.43. The van der Waals surface area contributed by atoms with E-state index >= 15 is 0 Å². The lowest BCUT2D eigenvalue weighted by atomic mass is 9.84. The van der Waals surface area contributed by atoms with Crippen LogP contribution in [-0.2, 0) is 5.41 Å². The number of hydrogen-bond donors (Lipinski definition) is 1. The summed E-state index contributed by atoms with van der Waals surface area (Å²) in [5, 5.41) is 10.4. The van der Waals surface area contributed by atoms with E-state index in [1.54, 1.807) is 0 Å². The summed E-state index contributed by atoms with van der Waals surface area (Å²) in [6, 6.07) is 6.64. The molecule has 2 saturated carbocycles. The Balaban J connectivity index is 0.000000514. The second kappa shape index (κ2) is 3.99. The Bertz CT molecular complexity index is 425. The second-order valence-electron chi connectivity index (χ2n) is 5.43. The van der Waals surface area contributed by atoms with Gasteiger partial charge in [0, 0.05) is 5.41 Å². The summed E-state index contributed by atoms with van der Waals surface area (Å²) in [6.45, 7) is 10.3. The van der Waals surface area contributed by atoms with Crippen LogP contribution in [0.3, 0.4) is 0 Å². The van der Waals surface area contributed by atoms with Crippen molar-refractivity contribution in [2.75, 3.05) is 0 Å². The highest BCUT2D eigenvalue weighted by molar-refractivity contribution is 5.45. The fraction of sp³-hybridized carbons (Fsp3) is 0.500. The molecule has 0 unspecified atom stereocenters. The third-order valence-electron chi connectivity index (χ3n) is 4.26. The van der Waals surface area contributed by atoms with Gasteiger partial charge in [-0.3, -0.25) is 0 Å². The first-order valence-corrected chi connectivity index (χ1v) is 6.38. The molecule has 17 heavy (non-hydrogen) atoms. The van der Waals surface area contributed by atoms with Crippen molar-refractivity contribution in [2.45, 2.75) is 50.5 Å². The van der Waals surface area contributed by atoms with Gasteiger partial charge >= 0.3 is 0 Å². The Hall–Kier alpha value is -1.08. The maximum Gasteiger partial charge on any atom is 0.0746 e. The van der Waals surface area contributed by atoms with Gasteiger partial charge in [-0.1, -0.05) is 23.8 Å². The van der Waals surface area contributed by atoms with Crippen LogP contribution >= 0.6 is 0 Å². The first-order chi connectivity index (χ1) is 8.07. The standard InChI is InChI=1S/C14H18O.C2H4/c1-10-3-4-12(11(2)9-10)13(5-6-13)14(15)7-8-14;1-2/h3-4,9,15H,5-8H2,1-2H3;1-2H2. The molecule has 0 spiro atoms. The van der Waals surface area contributed by atoms with Gasteiger partial charge in [0.25, 0.3) is 0 Å². The van der Waals surface area contributed by atoms with Gasteiger partial charge < -0.3 is 5.11 Å². The van der Waals surface area contributed by atoms with Crippen molar-refractivity contribution in [1.82, 2.24) is 0 Å². The van der Waals surface area contributed by atoms with Crippen LogP contribution in [0.2, 0.25) is 0 Å². The third kappa shape index (κ3) is 1.83. The zero-order chi connectivity index (χ0) is 12.7. The Morgan fingerprint density at radius 1 is 1.06 bits per heavy atom. The monoisotopic (exact) mass is 230 g/mol. The number of hydrogen-bond acceptors (Lipinski definition) is 1. The fourth-order valence-corrected chi connectivity index (χ4v) is 3.06. The van der Waals surface area contributed by atoms with E-state index in [0.29, 0.717) is 0 Å². The first-order valence-electron chi connectivity index (χ1n) is 6.38. The number of aryl methyl sites for hydroxylation is 2. The Morgan fingerprint density at radius 3 is 2.06 bits per heavy atom. The molecule has 2 fully saturated rings. The molecule has 1 aromatic rings. The summed E-state index contributed by atoms with van der Waals surface area (Å²) in [7, 11) is 0. The molecule has 0 atom stereocenters. The van der Waals surface area contributed by atoms with Gasteiger partial charge in [0.2, 0.25) is 0 Å². The average molecular weight is 230 g/mol.